The number of fused-ring (bicyclic) bond motifs is 1. The van der Waals surface area contributed by atoms with Gasteiger partial charge in [0, 0.05) is 53.3 Å². The molecule has 0 bridgehead atoms. The number of aromatic nitrogens is 1. The minimum Gasteiger partial charge on any atom is -0.486 e. The molecule has 3 aromatic carbocycles. The van der Waals surface area contributed by atoms with Gasteiger partial charge in [-0.15, -0.1) is 0 Å². The summed E-state index contributed by atoms with van der Waals surface area (Å²) in [5, 5.41) is 20.8. The number of rotatable bonds is 13. The van der Waals surface area contributed by atoms with Crippen molar-refractivity contribution < 1.29 is 24.4 Å². The van der Waals surface area contributed by atoms with Crippen molar-refractivity contribution in [1.29, 1.82) is 0 Å². The molecule has 4 rings (SSSR count). The van der Waals surface area contributed by atoms with Crippen LogP contribution in [0.15, 0.2) is 79.0 Å². The van der Waals surface area contributed by atoms with Gasteiger partial charge in [-0.25, -0.2) is 0 Å². The maximum Gasteiger partial charge on any atom is 0.303 e. The number of hydrogen-bond donors (Lipinski definition) is 1. The fourth-order valence-electron chi connectivity index (χ4n) is 4.51. The highest BCUT2D eigenvalue weighted by Gasteiger charge is 2.18. The van der Waals surface area contributed by atoms with E-state index in [4.69, 9.17) is 9.84 Å². The van der Waals surface area contributed by atoms with Crippen LogP contribution in [-0.2, 0) is 11.3 Å². The Balaban J connectivity index is 1.53. The SMILES string of the molecule is CCCCC(Oc1ccc(C(=O)c2cn(CCCC(=O)O)c3ccccc23)cc1)c1ccc([N+](=O)[O-])cc1. The molecule has 0 spiro atoms. The number of carbonyl (C=O) groups is 2. The van der Waals surface area contributed by atoms with Gasteiger partial charge in [-0.2, -0.15) is 0 Å². The zero-order chi connectivity index (χ0) is 27.1. The van der Waals surface area contributed by atoms with E-state index in [2.05, 4.69) is 6.92 Å². The second kappa shape index (κ2) is 12.2. The highest BCUT2D eigenvalue weighted by molar-refractivity contribution is 6.16. The van der Waals surface area contributed by atoms with Crippen LogP contribution >= 0.6 is 0 Å². The van der Waals surface area contributed by atoms with E-state index < -0.39 is 10.9 Å². The summed E-state index contributed by atoms with van der Waals surface area (Å²) in [4.78, 5) is 34.9. The molecule has 8 nitrogen and oxygen atoms in total. The molecule has 4 aromatic rings. The van der Waals surface area contributed by atoms with Gasteiger partial charge in [0.25, 0.3) is 5.69 Å². The fraction of sp³-hybridized carbons (Fsp3) is 0.267. The normalized spacial score (nSPS) is 11.8. The summed E-state index contributed by atoms with van der Waals surface area (Å²) in [5.41, 5.74) is 2.87. The number of hydrogen-bond acceptors (Lipinski definition) is 5. The van der Waals surface area contributed by atoms with Crippen LogP contribution in [0.4, 0.5) is 5.69 Å². The molecular weight excluding hydrogens is 484 g/mol. The molecule has 1 unspecified atom stereocenters. The number of non-ortho nitro benzene ring substituents is 1. The van der Waals surface area contributed by atoms with Gasteiger partial charge in [-0.05, 0) is 67.3 Å². The van der Waals surface area contributed by atoms with Crippen LogP contribution in [0.1, 0.15) is 66.6 Å². The van der Waals surface area contributed by atoms with E-state index in [0.29, 0.717) is 29.8 Å². The second-order valence-corrected chi connectivity index (χ2v) is 9.20. The molecule has 1 atom stereocenters. The molecule has 0 aliphatic rings. The van der Waals surface area contributed by atoms with E-state index >= 15 is 0 Å². The Kier molecular flexibility index (Phi) is 8.53. The van der Waals surface area contributed by atoms with Crippen LogP contribution in [0, 0.1) is 10.1 Å². The number of carboxylic acid groups (broad SMARTS) is 1. The molecule has 0 aliphatic heterocycles. The lowest BCUT2D eigenvalue weighted by Crippen LogP contribution is -2.08. The van der Waals surface area contributed by atoms with E-state index in [1.165, 1.54) is 12.1 Å². The number of ether oxygens (including phenoxy) is 1. The van der Waals surface area contributed by atoms with E-state index in [1.54, 1.807) is 42.6 Å². The molecule has 0 saturated heterocycles. The van der Waals surface area contributed by atoms with Crippen molar-refractivity contribution in [2.75, 3.05) is 0 Å². The summed E-state index contributed by atoms with van der Waals surface area (Å²) in [6.45, 7) is 2.60. The maximum absolute atomic E-state index is 13.4. The summed E-state index contributed by atoms with van der Waals surface area (Å²) in [5.74, 6) is -0.356. The van der Waals surface area contributed by atoms with Crippen molar-refractivity contribution in [2.24, 2.45) is 0 Å². The molecule has 196 valence electrons. The van der Waals surface area contributed by atoms with Gasteiger partial charge in [0.05, 0.1) is 4.92 Å². The lowest BCUT2D eigenvalue weighted by molar-refractivity contribution is -0.384. The van der Waals surface area contributed by atoms with E-state index in [1.807, 2.05) is 28.8 Å². The molecular formula is C30H30N2O6. The minimum absolute atomic E-state index is 0.0362. The minimum atomic E-state index is -0.842. The Bertz CT molecular complexity index is 1420. The van der Waals surface area contributed by atoms with E-state index in [9.17, 15) is 19.7 Å². The topological polar surface area (TPSA) is 112 Å². The van der Waals surface area contributed by atoms with Crippen LogP contribution < -0.4 is 4.74 Å². The highest BCUT2D eigenvalue weighted by atomic mass is 16.6. The Hall–Kier alpha value is -4.46. The van der Waals surface area contributed by atoms with Crippen molar-refractivity contribution in [3.8, 4) is 5.75 Å². The number of carboxylic acids is 1. The van der Waals surface area contributed by atoms with Gasteiger partial charge in [0.1, 0.15) is 11.9 Å². The Morgan fingerprint density at radius 3 is 2.37 bits per heavy atom. The number of ketones is 1. The van der Waals surface area contributed by atoms with Crippen molar-refractivity contribution in [1.82, 2.24) is 4.57 Å². The quantitative estimate of drug-likeness (QED) is 0.117. The number of nitro benzene ring substituents is 1. The predicted octanol–water partition coefficient (Wildman–Crippen LogP) is 6.96. The lowest BCUT2D eigenvalue weighted by Gasteiger charge is -2.19. The number of benzene rings is 3. The third-order valence-corrected chi connectivity index (χ3v) is 6.51. The number of carbonyl (C=O) groups excluding carboxylic acids is 1. The average molecular weight is 515 g/mol. The Morgan fingerprint density at radius 1 is 1.00 bits per heavy atom. The molecule has 38 heavy (non-hydrogen) atoms. The standard InChI is InChI=1S/C30H30N2O6/c1-2-3-9-28(21-11-15-23(16-12-21)32(36)37)38-24-17-13-22(14-18-24)30(35)26-20-31(19-6-10-29(33)34)27-8-5-4-7-25(26)27/h4-5,7-8,11-18,20,28H,2-3,6,9-10,19H2,1H3,(H,33,34). The van der Waals surface area contributed by atoms with Crippen LogP contribution in [0.25, 0.3) is 10.9 Å². The van der Waals surface area contributed by atoms with Crippen molar-refractivity contribution >= 4 is 28.3 Å². The zero-order valence-corrected chi connectivity index (χ0v) is 21.2. The van der Waals surface area contributed by atoms with Crippen molar-refractivity contribution in [3.05, 3.63) is 106 Å². The maximum atomic E-state index is 13.4. The summed E-state index contributed by atoms with van der Waals surface area (Å²) in [6.07, 6.45) is 4.77. The molecule has 0 amide bonds. The van der Waals surface area contributed by atoms with Crippen molar-refractivity contribution in [3.63, 3.8) is 0 Å². The highest BCUT2D eigenvalue weighted by Crippen LogP contribution is 2.29. The van der Waals surface area contributed by atoms with Gasteiger partial charge in [-0.3, -0.25) is 19.7 Å². The molecule has 0 saturated carbocycles. The third kappa shape index (κ3) is 6.26. The Morgan fingerprint density at radius 2 is 1.71 bits per heavy atom. The van der Waals surface area contributed by atoms with Gasteiger partial charge >= 0.3 is 5.97 Å². The molecule has 1 aromatic heterocycles. The van der Waals surface area contributed by atoms with Crippen LogP contribution in [-0.4, -0.2) is 26.3 Å². The summed E-state index contributed by atoms with van der Waals surface area (Å²) in [7, 11) is 0. The smallest absolute Gasteiger partial charge is 0.303 e. The molecule has 0 radical (unpaired) electrons. The molecule has 0 aliphatic carbocycles. The summed E-state index contributed by atoms with van der Waals surface area (Å²) >= 11 is 0. The van der Waals surface area contributed by atoms with Gasteiger partial charge in [0.15, 0.2) is 5.78 Å². The van der Waals surface area contributed by atoms with Crippen LogP contribution in [0.3, 0.4) is 0 Å². The molecule has 0 fully saturated rings. The first-order valence-electron chi connectivity index (χ1n) is 12.7. The number of aliphatic carboxylic acids is 1. The number of unbranched alkanes of at least 4 members (excludes halogenated alkanes) is 1. The summed E-state index contributed by atoms with van der Waals surface area (Å²) < 4.78 is 8.18. The van der Waals surface area contributed by atoms with E-state index in [-0.39, 0.29) is 24.0 Å². The largest absolute Gasteiger partial charge is 0.486 e. The third-order valence-electron chi connectivity index (χ3n) is 6.51. The first-order chi connectivity index (χ1) is 18.4. The van der Waals surface area contributed by atoms with Crippen LogP contribution in [0.5, 0.6) is 5.75 Å². The predicted molar refractivity (Wildman–Crippen MR) is 145 cm³/mol. The fourth-order valence-corrected chi connectivity index (χ4v) is 4.51. The second-order valence-electron chi connectivity index (χ2n) is 9.20. The first-order valence-corrected chi connectivity index (χ1v) is 12.7. The number of aryl methyl sites for hydroxylation is 1. The zero-order valence-electron chi connectivity index (χ0n) is 21.2. The molecule has 1 N–H and O–H groups in total. The monoisotopic (exact) mass is 514 g/mol. The van der Waals surface area contributed by atoms with E-state index in [0.717, 1.165) is 35.7 Å². The molecule has 1 heterocycles. The number of nitro groups is 1. The van der Waals surface area contributed by atoms with Crippen LogP contribution in [0.2, 0.25) is 0 Å². The lowest BCUT2D eigenvalue weighted by atomic mass is 10.0. The Labute approximate surface area is 220 Å². The van der Waals surface area contributed by atoms with Gasteiger partial charge in [0.2, 0.25) is 0 Å². The summed E-state index contributed by atoms with van der Waals surface area (Å²) in [6, 6.07) is 21.0. The van der Waals surface area contributed by atoms with Gasteiger partial charge < -0.3 is 14.4 Å². The first kappa shape index (κ1) is 26.6. The van der Waals surface area contributed by atoms with Crippen molar-refractivity contribution in [2.45, 2.75) is 51.7 Å². The average Bonchev–Trinajstić information content (AvgIpc) is 3.29. The number of para-hydroxylation sites is 1. The number of nitrogens with zero attached hydrogens (tertiary/aromatic N) is 2. The van der Waals surface area contributed by atoms with Gasteiger partial charge in [-0.1, -0.05) is 31.5 Å². The molecule has 8 heteroatoms.